The van der Waals surface area contributed by atoms with Gasteiger partial charge in [-0.3, -0.25) is 9.59 Å². The predicted molar refractivity (Wildman–Crippen MR) is 94.7 cm³/mol. The lowest BCUT2D eigenvalue weighted by Gasteiger charge is -2.10. The summed E-state index contributed by atoms with van der Waals surface area (Å²) in [6.45, 7) is 1.17. The quantitative estimate of drug-likeness (QED) is 0.698. The number of aromatic nitrogens is 4. The van der Waals surface area contributed by atoms with E-state index in [1.807, 2.05) is 0 Å². The Morgan fingerprint density at radius 1 is 1.37 bits per heavy atom. The van der Waals surface area contributed by atoms with Crippen molar-refractivity contribution < 1.29 is 13.9 Å². The molecule has 0 saturated carbocycles. The summed E-state index contributed by atoms with van der Waals surface area (Å²) < 4.78 is 19.9. The molecule has 1 aliphatic heterocycles. The van der Waals surface area contributed by atoms with Crippen molar-refractivity contribution in [1.29, 1.82) is 0 Å². The molecule has 0 aliphatic carbocycles. The van der Waals surface area contributed by atoms with E-state index in [0.717, 1.165) is 19.4 Å². The molecule has 1 fully saturated rings. The molecule has 3 heterocycles. The van der Waals surface area contributed by atoms with E-state index in [4.69, 9.17) is 4.74 Å². The fraction of sp³-hybridized carbons (Fsp3) is 0.333. The van der Waals surface area contributed by atoms with Gasteiger partial charge in [0.25, 0.3) is 5.56 Å². The van der Waals surface area contributed by atoms with E-state index in [1.54, 1.807) is 18.2 Å². The number of ether oxygens (including phenoxy) is 1. The van der Waals surface area contributed by atoms with Crippen LogP contribution in [0.15, 0.2) is 35.1 Å². The highest BCUT2D eigenvalue weighted by Gasteiger charge is 2.18. The number of nitrogens with zero attached hydrogens (tertiary/aromatic N) is 3. The van der Waals surface area contributed by atoms with Crippen molar-refractivity contribution in [3.8, 4) is 11.3 Å². The Kier molecular flexibility index (Phi) is 4.68. The normalized spacial score (nSPS) is 16.7. The van der Waals surface area contributed by atoms with Crippen LogP contribution >= 0.6 is 0 Å². The fourth-order valence-corrected chi connectivity index (χ4v) is 3.07. The van der Waals surface area contributed by atoms with Gasteiger partial charge < -0.3 is 10.1 Å². The molecule has 1 aliphatic rings. The van der Waals surface area contributed by atoms with E-state index in [-0.39, 0.29) is 29.8 Å². The summed E-state index contributed by atoms with van der Waals surface area (Å²) in [6, 6.07) is 7.38. The van der Waals surface area contributed by atoms with Crippen molar-refractivity contribution in [2.24, 2.45) is 0 Å². The summed E-state index contributed by atoms with van der Waals surface area (Å²) in [5.41, 5.74) is 1.01. The van der Waals surface area contributed by atoms with Crippen LogP contribution in [0.5, 0.6) is 0 Å². The highest BCUT2D eigenvalue weighted by molar-refractivity contribution is 5.78. The molecule has 8 nitrogen and oxygen atoms in total. The van der Waals surface area contributed by atoms with Crippen molar-refractivity contribution in [2.75, 3.05) is 13.2 Å². The average molecular weight is 371 g/mol. The fourth-order valence-electron chi connectivity index (χ4n) is 3.07. The zero-order chi connectivity index (χ0) is 18.8. The van der Waals surface area contributed by atoms with Crippen molar-refractivity contribution >= 4 is 11.4 Å². The Bertz CT molecular complexity index is 1020. The number of H-pyrrole nitrogens is 1. The van der Waals surface area contributed by atoms with Gasteiger partial charge in [0, 0.05) is 18.7 Å². The van der Waals surface area contributed by atoms with Crippen molar-refractivity contribution in [3.63, 3.8) is 0 Å². The highest BCUT2D eigenvalue weighted by atomic mass is 19.1. The van der Waals surface area contributed by atoms with Crippen LogP contribution in [0.1, 0.15) is 18.7 Å². The van der Waals surface area contributed by atoms with Crippen molar-refractivity contribution in [2.45, 2.75) is 25.4 Å². The molecular formula is C18H18FN5O3. The number of hydrogen-bond acceptors (Lipinski definition) is 5. The van der Waals surface area contributed by atoms with Crippen LogP contribution in [-0.2, 0) is 16.0 Å². The van der Waals surface area contributed by atoms with Gasteiger partial charge in [0.05, 0.1) is 18.2 Å². The van der Waals surface area contributed by atoms with Crippen molar-refractivity contribution in [3.05, 3.63) is 52.3 Å². The number of nitrogens with one attached hydrogen (secondary N) is 2. The third kappa shape index (κ3) is 3.72. The number of aromatic amines is 1. The third-order valence-corrected chi connectivity index (χ3v) is 4.48. The first-order valence-electron chi connectivity index (χ1n) is 8.72. The van der Waals surface area contributed by atoms with Crippen LogP contribution in [0.25, 0.3) is 16.8 Å². The summed E-state index contributed by atoms with van der Waals surface area (Å²) in [6.07, 6.45) is 1.95. The summed E-state index contributed by atoms with van der Waals surface area (Å²) in [7, 11) is 0. The monoisotopic (exact) mass is 371 g/mol. The zero-order valence-electron chi connectivity index (χ0n) is 14.4. The molecule has 1 aromatic carbocycles. The Labute approximate surface area is 153 Å². The standard InChI is InChI=1S/C18H18FN5O3/c19-12-5-3-11(4-6-12)14-8-15-18(26)22-21-16(24(15)23-14)9-17(25)20-10-13-2-1-7-27-13/h3-6,8,13H,1-2,7,9-10H2,(H,20,25)(H,22,26)/t13-/m1/s1. The van der Waals surface area contributed by atoms with Crippen LogP contribution in [-0.4, -0.2) is 45.0 Å². The molecule has 9 heteroatoms. The lowest BCUT2D eigenvalue weighted by Crippen LogP contribution is -2.33. The number of amides is 1. The SMILES string of the molecule is O=C(Cc1n[nH]c(=O)c2cc(-c3ccc(F)cc3)nn12)NC[C@H]1CCCO1. The molecule has 0 spiro atoms. The van der Waals surface area contributed by atoms with Gasteiger partial charge in [0.2, 0.25) is 5.91 Å². The van der Waals surface area contributed by atoms with Crippen LogP contribution in [0.2, 0.25) is 0 Å². The van der Waals surface area contributed by atoms with Crippen LogP contribution < -0.4 is 10.9 Å². The van der Waals surface area contributed by atoms with E-state index in [2.05, 4.69) is 20.6 Å². The van der Waals surface area contributed by atoms with Gasteiger partial charge in [-0.25, -0.2) is 14.0 Å². The number of halogens is 1. The zero-order valence-corrected chi connectivity index (χ0v) is 14.4. The Morgan fingerprint density at radius 2 is 2.19 bits per heavy atom. The maximum Gasteiger partial charge on any atom is 0.290 e. The molecular weight excluding hydrogens is 353 g/mol. The van der Waals surface area contributed by atoms with E-state index < -0.39 is 5.56 Å². The van der Waals surface area contributed by atoms with E-state index in [0.29, 0.717) is 23.6 Å². The Balaban J connectivity index is 1.57. The molecule has 3 aromatic rings. The molecule has 0 radical (unpaired) electrons. The highest BCUT2D eigenvalue weighted by Crippen LogP contribution is 2.19. The molecule has 0 unspecified atom stereocenters. The molecule has 27 heavy (non-hydrogen) atoms. The minimum Gasteiger partial charge on any atom is -0.376 e. The second kappa shape index (κ2) is 7.28. The Hall–Kier alpha value is -3.07. The maximum atomic E-state index is 13.1. The summed E-state index contributed by atoms with van der Waals surface area (Å²) >= 11 is 0. The maximum absolute atomic E-state index is 13.1. The number of rotatable bonds is 5. The van der Waals surface area contributed by atoms with E-state index in [9.17, 15) is 14.0 Å². The number of carbonyl (C=O) groups excluding carboxylic acids is 1. The molecule has 2 aromatic heterocycles. The molecule has 140 valence electrons. The number of fused-ring (bicyclic) bond motifs is 1. The van der Waals surface area contributed by atoms with Gasteiger partial charge in [-0.15, -0.1) is 0 Å². The van der Waals surface area contributed by atoms with Crippen LogP contribution in [0.3, 0.4) is 0 Å². The summed E-state index contributed by atoms with van der Waals surface area (Å²) in [5, 5.41) is 13.5. The smallest absolute Gasteiger partial charge is 0.290 e. The lowest BCUT2D eigenvalue weighted by atomic mass is 10.1. The average Bonchev–Trinajstić information content (AvgIpc) is 3.33. The van der Waals surface area contributed by atoms with Gasteiger partial charge in [-0.05, 0) is 43.2 Å². The molecule has 1 amide bonds. The summed E-state index contributed by atoms with van der Waals surface area (Å²) in [5.74, 6) is -0.279. The first kappa shape index (κ1) is 17.3. The molecule has 1 atom stereocenters. The minimum absolute atomic E-state index is 0.0372. The number of benzene rings is 1. The van der Waals surface area contributed by atoms with Gasteiger partial charge in [0.1, 0.15) is 11.3 Å². The van der Waals surface area contributed by atoms with Gasteiger partial charge in [-0.2, -0.15) is 10.2 Å². The van der Waals surface area contributed by atoms with E-state index in [1.165, 1.54) is 16.6 Å². The number of hydrogen-bond donors (Lipinski definition) is 2. The number of carbonyl (C=O) groups is 1. The molecule has 4 rings (SSSR count). The second-order valence-electron chi connectivity index (χ2n) is 6.42. The van der Waals surface area contributed by atoms with E-state index >= 15 is 0 Å². The second-order valence-corrected chi connectivity index (χ2v) is 6.42. The van der Waals surface area contributed by atoms with Gasteiger partial charge >= 0.3 is 0 Å². The largest absolute Gasteiger partial charge is 0.376 e. The van der Waals surface area contributed by atoms with Gasteiger partial charge in [0.15, 0.2) is 5.82 Å². The van der Waals surface area contributed by atoms with Crippen LogP contribution in [0.4, 0.5) is 4.39 Å². The van der Waals surface area contributed by atoms with Crippen molar-refractivity contribution in [1.82, 2.24) is 25.1 Å². The Morgan fingerprint density at radius 3 is 2.93 bits per heavy atom. The third-order valence-electron chi connectivity index (χ3n) is 4.48. The first-order chi connectivity index (χ1) is 13.1. The predicted octanol–water partition coefficient (Wildman–Crippen LogP) is 1.06. The molecule has 1 saturated heterocycles. The van der Waals surface area contributed by atoms with Crippen LogP contribution in [0, 0.1) is 5.82 Å². The molecule has 0 bridgehead atoms. The molecule has 2 N–H and O–H groups in total. The van der Waals surface area contributed by atoms with Gasteiger partial charge in [-0.1, -0.05) is 0 Å². The lowest BCUT2D eigenvalue weighted by molar-refractivity contribution is -0.121. The first-order valence-corrected chi connectivity index (χ1v) is 8.72. The summed E-state index contributed by atoms with van der Waals surface area (Å²) in [4.78, 5) is 24.3. The topological polar surface area (TPSA) is 101 Å². The minimum atomic E-state index is -0.417.